The number of tetrazole rings is 1. The van der Waals surface area contributed by atoms with Gasteiger partial charge < -0.3 is 25.0 Å². The summed E-state index contributed by atoms with van der Waals surface area (Å²) in [5.74, 6) is -6.24. The molecule has 3 N–H and O–H groups in total. The minimum absolute atomic E-state index is 0.119. The number of methoxy groups -OCH3 is 1. The first kappa shape index (κ1) is 24.3. The van der Waals surface area contributed by atoms with Crippen LogP contribution >= 0.6 is 11.8 Å². The number of hydrogen-bond acceptors (Lipinski definition) is 10. The van der Waals surface area contributed by atoms with Crippen LogP contribution in [0.15, 0.2) is 46.8 Å². The van der Waals surface area contributed by atoms with Crippen LogP contribution in [0.1, 0.15) is 11.5 Å². The van der Waals surface area contributed by atoms with Crippen molar-refractivity contribution in [2.75, 3.05) is 19.5 Å². The predicted molar refractivity (Wildman–Crippen MR) is 115 cm³/mol. The molecule has 1 fully saturated rings. The fourth-order valence-electron chi connectivity index (χ4n) is 3.86. The summed E-state index contributed by atoms with van der Waals surface area (Å²) < 4.78 is 12.4. The summed E-state index contributed by atoms with van der Waals surface area (Å²) in [6, 6.07) is 7.74. The number of aryl methyl sites for hydroxylation is 1. The Labute approximate surface area is 201 Å². The highest BCUT2D eigenvalue weighted by Gasteiger charge is 2.68. The zero-order valence-corrected chi connectivity index (χ0v) is 19.3. The number of aliphatic carboxylic acids is 2. The number of amides is 2. The number of carbonyl (C=O) groups excluding carboxylic acids is 2. The molecule has 2 aliphatic heterocycles. The second-order valence-corrected chi connectivity index (χ2v) is 8.52. The molecule has 0 radical (unpaired) electrons. The fraction of sp³-hybridized carbons (Fsp3) is 0.350. The molecule has 2 aliphatic rings. The molecule has 0 aliphatic carbocycles. The van der Waals surface area contributed by atoms with Crippen molar-refractivity contribution in [3.05, 3.63) is 47.2 Å². The lowest BCUT2D eigenvalue weighted by atomic mass is 9.92. The zero-order valence-electron chi connectivity index (χ0n) is 18.4. The number of benzene rings is 1. The largest absolute Gasteiger partial charge is 0.480 e. The Kier molecular flexibility index (Phi) is 6.56. The Hall–Kier alpha value is -3.82. The molecule has 184 valence electrons. The maximum atomic E-state index is 13.2. The summed E-state index contributed by atoms with van der Waals surface area (Å²) in [5, 5.41) is 33.2. The molecule has 35 heavy (non-hydrogen) atoms. The molecule has 2 amide bonds. The molecule has 1 aromatic heterocycles. The molecule has 14 nitrogen and oxygen atoms in total. The highest BCUT2D eigenvalue weighted by Crippen LogP contribution is 2.41. The lowest BCUT2D eigenvalue weighted by Crippen LogP contribution is -2.82. The Morgan fingerprint density at radius 2 is 2.03 bits per heavy atom. The Bertz CT molecular complexity index is 1220. The molecule has 0 bridgehead atoms. The number of fused-ring (bicyclic) bond motifs is 1. The van der Waals surface area contributed by atoms with Gasteiger partial charge in [0.2, 0.25) is 11.1 Å². The van der Waals surface area contributed by atoms with Gasteiger partial charge in [0, 0.05) is 19.9 Å². The van der Waals surface area contributed by atoms with E-state index in [9.17, 15) is 29.4 Å². The topological polar surface area (TPSA) is 186 Å². The van der Waals surface area contributed by atoms with Crippen molar-refractivity contribution >= 4 is 35.5 Å². The van der Waals surface area contributed by atoms with Gasteiger partial charge in [-0.1, -0.05) is 42.1 Å². The van der Waals surface area contributed by atoms with E-state index in [1.165, 1.54) is 16.8 Å². The van der Waals surface area contributed by atoms with Crippen LogP contribution in [0.5, 0.6) is 0 Å². The van der Waals surface area contributed by atoms with Gasteiger partial charge in [-0.25, -0.2) is 9.48 Å². The first-order valence-electron chi connectivity index (χ1n) is 10.1. The van der Waals surface area contributed by atoms with Crippen LogP contribution in [-0.4, -0.2) is 90.5 Å². The molecular weight excluding hydrogens is 484 g/mol. The summed E-state index contributed by atoms with van der Waals surface area (Å²) in [5.41, 5.74) is -1.92. The van der Waals surface area contributed by atoms with Gasteiger partial charge in [0.05, 0.1) is 6.61 Å². The highest BCUT2D eigenvalue weighted by molar-refractivity contribution is 7.99. The van der Waals surface area contributed by atoms with Crippen LogP contribution in [-0.2, 0) is 35.7 Å². The number of aromatic nitrogens is 4. The third-order valence-corrected chi connectivity index (χ3v) is 6.64. The van der Waals surface area contributed by atoms with Crippen molar-refractivity contribution < 1.29 is 38.9 Å². The Balaban J connectivity index is 1.58. The zero-order chi connectivity index (χ0) is 25.3. The summed E-state index contributed by atoms with van der Waals surface area (Å²) in [6.45, 7) is -0.184. The normalized spacial score (nSPS) is 22.3. The number of β-lactam (4-membered cyclic amide) rings is 1. The maximum absolute atomic E-state index is 13.2. The standard InChI is InChI=1S/C20H20N6O8S/c1-25-19(22-23-24-25)35-9-11-8-34-18-20(33-2,17(32)26(18)13(11)16(30)31)21-14(27)12(15(28)29)10-6-4-3-5-7-10/h3-7,12,18H,8-9H2,1-2H3,(H,21,27)(H,28,29)(H,30,31)/t12?,18-,20+/m1/s1. The van der Waals surface area contributed by atoms with Crippen LogP contribution in [0, 0.1) is 0 Å². The molecule has 0 spiro atoms. The van der Waals surface area contributed by atoms with Gasteiger partial charge in [-0.05, 0) is 21.6 Å². The van der Waals surface area contributed by atoms with Crippen molar-refractivity contribution in [3.63, 3.8) is 0 Å². The number of hydrogen-bond donors (Lipinski definition) is 3. The van der Waals surface area contributed by atoms with E-state index in [2.05, 4.69) is 20.8 Å². The summed E-state index contributed by atoms with van der Waals surface area (Å²) in [7, 11) is 2.75. The van der Waals surface area contributed by atoms with E-state index >= 15 is 0 Å². The van der Waals surface area contributed by atoms with Crippen molar-refractivity contribution in [1.29, 1.82) is 0 Å². The van der Waals surface area contributed by atoms with Gasteiger partial charge in [0.25, 0.3) is 11.6 Å². The molecule has 1 saturated heterocycles. The van der Waals surface area contributed by atoms with E-state index in [4.69, 9.17) is 9.47 Å². The molecular formula is C20H20N6O8S. The molecule has 4 rings (SSSR count). The summed E-state index contributed by atoms with van der Waals surface area (Å²) in [6.07, 6.45) is -1.31. The number of ether oxygens (including phenoxy) is 2. The lowest BCUT2D eigenvalue weighted by molar-refractivity contribution is -0.258. The quantitative estimate of drug-likeness (QED) is 0.167. The molecule has 0 saturated carbocycles. The second-order valence-electron chi connectivity index (χ2n) is 7.58. The fourth-order valence-corrected chi connectivity index (χ4v) is 4.70. The number of nitrogens with zero attached hydrogens (tertiary/aromatic N) is 5. The van der Waals surface area contributed by atoms with Crippen LogP contribution in [0.3, 0.4) is 0 Å². The minimum atomic E-state index is -2.09. The SMILES string of the molecule is CO[C@@]1(NC(=O)C(C(=O)O)c2ccccc2)C(=O)N2C(C(=O)O)=C(CSc3nnnn3C)CO[C@@H]21. The first-order valence-corrected chi connectivity index (χ1v) is 11.1. The third kappa shape index (κ3) is 4.13. The molecule has 1 aromatic carbocycles. The van der Waals surface area contributed by atoms with Gasteiger partial charge in [-0.2, -0.15) is 0 Å². The second kappa shape index (κ2) is 9.44. The van der Waals surface area contributed by atoms with Gasteiger partial charge in [-0.3, -0.25) is 19.3 Å². The van der Waals surface area contributed by atoms with Crippen LogP contribution < -0.4 is 5.32 Å². The van der Waals surface area contributed by atoms with Crippen LogP contribution in [0.4, 0.5) is 0 Å². The van der Waals surface area contributed by atoms with Crippen molar-refractivity contribution in [2.45, 2.75) is 23.0 Å². The molecule has 2 aromatic rings. The van der Waals surface area contributed by atoms with E-state index in [-0.39, 0.29) is 23.6 Å². The first-order chi connectivity index (χ1) is 16.7. The van der Waals surface area contributed by atoms with E-state index in [1.807, 2.05) is 0 Å². The smallest absolute Gasteiger partial charge is 0.352 e. The lowest BCUT2D eigenvalue weighted by Gasteiger charge is -2.55. The highest BCUT2D eigenvalue weighted by atomic mass is 32.2. The van der Waals surface area contributed by atoms with Gasteiger partial charge in [-0.15, -0.1) is 5.10 Å². The predicted octanol–water partition coefficient (Wildman–Crippen LogP) is -0.833. The molecule has 1 unspecified atom stereocenters. The maximum Gasteiger partial charge on any atom is 0.352 e. The third-order valence-electron chi connectivity index (χ3n) is 5.54. The number of carboxylic acids is 2. The van der Waals surface area contributed by atoms with E-state index < -0.39 is 41.6 Å². The number of thioether (sulfide) groups is 1. The van der Waals surface area contributed by atoms with Crippen molar-refractivity contribution in [2.24, 2.45) is 7.05 Å². The number of carbonyl (C=O) groups is 4. The average molecular weight is 504 g/mol. The van der Waals surface area contributed by atoms with Gasteiger partial charge in [0.15, 0.2) is 12.1 Å². The van der Waals surface area contributed by atoms with Crippen LogP contribution in [0.25, 0.3) is 0 Å². The van der Waals surface area contributed by atoms with Crippen LogP contribution in [0.2, 0.25) is 0 Å². The molecule has 3 atom stereocenters. The van der Waals surface area contributed by atoms with Gasteiger partial charge >= 0.3 is 11.9 Å². The van der Waals surface area contributed by atoms with E-state index in [1.54, 1.807) is 25.2 Å². The van der Waals surface area contributed by atoms with Crippen molar-refractivity contribution in [1.82, 2.24) is 30.4 Å². The molecule has 15 heteroatoms. The van der Waals surface area contributed by atoms with E-state index in [0.29, 0.717) is 10.7 Å². The minimum Gasteiger partial charge on any atom is -0.480 e. The number of nitrogens with one attached hydrogen (secondary N) is 1. The average Bonchev–Trinajstić information content (AvgIpc) is 3.25. The van der Waals surface area contributed by atoms with Crippen molar-refractivity contribution in [3.8, 4) is 0 Å². The Morgan fingerprint density at radius 3 is 2.60 bits per heavy atom. The van der Waals surface area contributed by atoms with Gasteiger partial charge in [0.1, 0.15) is 5.70 Å². The monoisotopic (exact) mass is 504 g/mol. The Morgan fingerprint density at radius 1 is 1.31 bits per heavy atom. The van der Waals surface area contributed by atoms with E-state index in [0.717, 1.165) is 23.8 Å². The number of carboxylic acid groups (broad SMARTS) is 2. The summed E-state index contributed by atoms with van der Waals surface area (Å²) >= 11 is 1.15. The molecule has 3 heterocycles. The summed E-state index contributed by atoms with van der Waals surface area (Å²) in [4.78, 5) is 50.9. The number of rotatable bonds is 9.